The van der Waals surface area contributed by atoms with Crippen LogP contribution in [0.15, 0.2) is 42.5 Å². The van der Waals surface area contributed by atoms with Gasteiger partial charge >= 0.3 is 0 Å². The minimum absolute atomic E-state index is 0.0468. The lowest BCUT2D eigenvalue weighted by atomic mass is 10.2. The first-order valence-electron chi connectivity index (χ1n) is 6.01. The molecule has 21 heavy (non-hydrogen) atoms. The molecular formula is C15H11ClFNO3. The van der Waals surface area contributed by atoms with Crippen LogP contribution in [0.5, 0.6) is 5.75 Å². The number of ether oxygens (including phenoxy) is 1. The van der Waals surface area contributed by atoms with Gasteiger partial charge in [-0.2, -0.15) is 0 Å². The van der Waals surface area contributed by atoms with Gasteiger partial charge in [0, 0.05) is 10.7 Å². The Bertz CT molecular complexity index is 676. The van der Waals surface area contributed by atoms with Gasteiger partial charge in [-0.3, -0.25) is 9.59 Å². The zero-order valence-electron chi connectivity index (χ0n) is 10.8. The summed E-state index contributed by atoms with van der Waals surface area (Å²) in [6.07, 6.45) is 0.466. The predicted octanol–water partition coefficient (Wildman–Crippen LogP) is 3.31. The molecule has 2 aromatic rings. The second-order valence-corrected chi connectivity index (χ2v) is 4.58. The molecule has 1 N–H and O–H groups in total. The summed E-state index contributed by atoms with van der Waals surface area (Å²) in [5.41, 5.74) is 0.580. The molecule has 0 bridgehead atoms. The number of benzene rings is 2. The normalized spacial score (nSPS) is 10.0. The summed E-state index contributed by atoms with van der Waals surface area (Å²) in [7, 11) is 0. The molecule has 0 spiro atoms. The van der Waals surface area contributed by atoms with Gasteiger partial charge in [0.25, 0.3) is 5.91 Å². The van der Waals surface area contributed by atoms with Crippen molar-refractivity contribution in [3.63, 3.8) is 0 Å². The number of amides is 1. The van der Waals surface area contributed by atoms with Crippen molar-refractivity contribution in [2.75, 3.05) is 11.9 Å². The van der Waals surface area contributed by atoms with E-state index < -0.39 is 11.7 Å². The van der Waals surface area contributed by atoms with Crippen molar-refractivity contribution in [2.24, 2.45) is 0 Å². The fourth-order valence-corrected chi connectivity index (χ4v) is 1.84. The first-order chi connectivity index (χ1) is 10.1. The topological polar surface area (TPSA) is 55.4 Å². The molecule has 0 aliphatic heterocycles. The van der Waals surface area contributed by atoms with Crippen molar-refractivity contribution in [3.05, 3.63) is 58.9 Å². The lowest BCUT2D eigenvalue weighted by molar-refractivity contribution is -0.118. The number of anilines is 1. The van der Waals surface area contributed by atoms with Crippen molar-refractivity contribution in [1.82, 2.24) is 0 Å². The maximum atomic E-state index is 13.0. The van der Waals surface area contributed by atoms with Crippen LogP contribution < -0.4 is 10.1 Å². The van der Waals surface area contributed by atoms with E-state index in [9.17, 15) is 14.0 Å². The second kappa shape index (κ2) is 6.85. The van der Waals surface area contributed by atoms with Crippen LogP contribution in [0.1, 0.15) is 10.4 Å². The summed E-state index contributed by atoms with van der Waals surface area (Å²) >= 11 is 5.80. The minimum atomic E-state index is -0.548. The van der Waals surface area contributed by atoms with E-state index in [1.54, 1.807) is 24.3 Å². The van der Waals surface area contributed by atoms with E-state index >= 15 is 0 Å². The van der Waals surface area contributed by atoms with E-state index in [4.69, 9.17) is 16.3 Å². The fourth-order valence-electron chi connectivity index (χ4n) is 1.65. The van der Waals surface area contributed by atoms with Crippen LogP contribution in [0.3, 0.4) is 0 Å². The third kappa shape index (κ3) is 4.29. The third-order valence-corrected chi connectivity index (χ3v) is 2.80. The summed E-state index contributed by atoms with van der Waals surface area (Å²) in [6.45, 7) is -0.307. The van der Waals surface area contributed by atoms with Crippen LogP contribution in [-0.4, -0.2) is 18.8 Å². The molecule has 2 rings (SSSR count). The molecule has 2 aromatic carbocycles. The van der Waals surface area contributed by atoms with Crippen molar-refractivity contribution >= 4 is 29.5 Å². The molecule has 0 aliphatic carbocycles. The molecule has 108 valence electrons. The Morgan fingerprint density at radius 3 is 2.81 bits per heavy atom. The Hall–Kier alpha value is -2.40. The van der Waals surface area contributed by atoms with Gasteiger partial charge in [-0.05, 0) is 36.4 Å². The van der Waals surface area contributed by atoms with E-state index in [2.05, 4.69) is 5.32 Å². The molecule has 0 unspecified atom stereocenters. The number of carbonyl (C=O) groups excluding carboxylic acids is 2. The maximum absolute atomic E-state index is 13.0. The molecule has 0 saturated heterocycles. The summed E-state index contributed by atoms with van der Waals surface area (Å²) in [4.78, 5) is 22.5. The van der Waals surface area contributed by atoms with Gasteiger partial charge < -0.3 is 10.1 Å². The second-order valence-electron chi connectivity index (χ2n) is 4.15. The van der Waals surface area contributed by atoms with E-state index in [0.29, 0.717) is 17.0 Å². The average Bonchev–Trinajstić information content (AvgIpc) is 2.45. The first kappa shape index (κ1) is 15.0. The molecule has 0 radical (unpaired) electrons. The van der Waals surface area contributed by atoms with Crippen LogP contribution in [-0.2, 0) is 4.79 Å². The Morgan fingerprint density at radius 2 is 2.10 bits per heavy atom. The number of aldehydes is 1. The highest BCUT2D eigenvalue weighted by Gasteiger charge is 2.08. The molecular weight excluding hydrogens is 297 g/mol. The van der Waals surface area contributed by atoms with Crippen LogP contribution in [0.25, 0.3) is 0 Å². The Labute approximate surface area is 125 Å². The average molecular weight is 308 g/mol. The lowest BCUT2D eigenvalue weighted by Crippen LogP contribution is -2.20. The monoisotopic (exact) mass is 307 g/mol. The maximum Gasteiger partial charge on any atom is 0.262 e. The predicted molar refractivity (Wildman–Crippen MR) is 77.4 cm³/mol. The van der Waals surface area contributed by atoms with Crippen LogP contribution in [0.4, 0.5) is 10.1 Å². The van der Waals surface area contributed by atoms with Crippen molar-refractivity contribution < 1.29 is 18.7 Å². The van der Waals surface area contributed by atoms with Crippen molar-refractivity contribution in [2.45, 2.75) is 0 Å². The van der Waals surface area contributed by atoms with Gasteiger partial charge in [0.05, 0.1) is 5.56 Å². The van der Waals surface area contributed by atoms with Gasteiger partial charge in [0.2, 0.25) is 0 Å². The fraction of sp³-hybridized carbons (Fsp3) is 0.0667. The van der Waals surface area contributed by atoms with E-state index in [1.807, 2.05) is 0 Å². The number of hydrogen-bond donors (Lipinski definition) is 1. The molecule has 0 saturated carbocycles. The smallest absolute Gasteiger partial charge is 0.262 e. The molecule has 6 heteroatoms. The highest BCUT2D eigenvalue weighted by atomic mass is 35.5. The molecule has 0 aromatic heterocycles. The SMILES string of the molecule is O=Cc1cc(F)ccc1OCC(=O)Nc1cccc(Cl)c1. The standard InChI is InChI=1S/C15H11ClFNO3/c16-11-2-1-3-13(7-11)18-15(20)9-21-14-5-4-12(17)6-10(14)8-19/h1-8H,9H2,(H,18,20). The lowest BCUT2D eigenvalue weighted by Gasteiger charge is -2.09. The van der Waals surface area contributed by atoms with Crippen molar-refractivity contribution in [3.8, 4) is 5.75 Å². The molecule has 0 atom stereocenters. The van der Waals surface area contributed by atoms with Gasteiger partial charge in [-0.25, -0.2) is 4.39 Å². The molecule has 4 nitrogen and oxygen atoms in total. The van der Waals surface area contributed by atoms with Crippen LogP contribution in [0.2, 0.25) is 5.02 Å². The number of halogens is 2. The highest BCUT2D eigenvalue weighted by molar-refractivity contribution is 6.30. The van der Waals surface area contributed by atoms with Gasteiger partial charge in [0.15, 0.2) is 12.9 Å². The summed E-state index contributed by atoms with van der Waals surface area (Å²) in [6, 6.07) is 10.1. The van der Waals surface area contributed by atoms with Gasteiger partial charge in [0.1, 0.15) is 11.6 Å². The van der Waals surface area contributed by atoms with Gasteiger partial charge in [-0.15, -0.1) is 0 Å². The Balaban J connectivity index is 1.97. The van der Waals surface area contributed by atoms with E-state index in [0.717, 1.165) is 12.1 Å². The van der Waals surface area contributed by atoms with Crippen LogP contribution in [0, 0.1) is 5.82 Å². The highest BCUT2D eigenvalue weighted by Crippen LogP contribution is 2.18. The first-order valence-corrected chi connectivity index (χ1v) is 6.39. The zero-order valence-corrected chi connectivity index (χ0v) is 11.6. The molecule has 1 amide bonds. The van der Waals surface area contributed by atoms with E-state index in [1.165, 1.54) is 6.07 Å². The van der Waals surface area contributed by atoms with Crippen LogP contribution >= 0.6 is 11.6 Å². The number of carbonyl (C=O) groups is 2. The number of rotatable bonds is 5. The van der Waals surface area contributed by atoms with E-state index in [-0.39, 0.29) is 17.9 Å². The minimum Gasteiger partial charge on any atom is -0.483 e. The van der Waals surface area contributed by atoms with Crippen molar-refractivity contribution in [1.29, 1.82) is 0 Å². The zero-order chi connectivity index (χ0) is 15.2. The Kier molecular flexibility index (Phi) is 4.90. The molecule has 0 aliphatic rings. The number of hydrogen-bond acceptors (Lipinski definition) is 3. The number of nitrogens with one attached hydrogen (secondary N) is 1. The quantitative estimate of drug-likeness (QED) is 0.862. The summed E-state index contributed by atoms with van der Waals surface area (Å²) < 4.78 is 18.2. The Morgan fingerprint density at radius 1 is 1.29 bits per heavy atom. The molecule has 0 fully saturated rings. The summed E-state index contributed by atoms with van der Waals surface area (Å²) in [5.74, 6) is -0.820. The third-order valence-electron chi connectivity index (χ3n) is 2.57. The largest absolute Gasteiger partial charge is 0.483 e. The van der Waals surface area contributed by atoms with Gasteiger partial charge in [-0.1, -0.05) is 17.7 Å². The molecule has 0 heterocycles. The summed E-state index contributed by atoms with van der Waals surface area (Å²) in [5, 5.41) is 3.09.